The Morgan fingerprint density at radius 1 is 1.53 bits per heavy atom. The number of nitriles is 1. The predicted octanol–water partition coefficient (Wildman–Crippen LogP) is 2.54. The Bertz CT molecular complexity index is 381. The lowest BCUT2D eigenvalue weighted by molar-refractivity contribution is -0.120. The van der Waals surface area contributed by atoms with Crippen molar-refractivity contribution >= 4 is 21.8 Å². The average Bonchev–Trinajstić information content (AvgIpc) is 2.18. The van der Waals surface area contributed by atoms with Gasteiger partial charge in [-0.25, -0.2) is 0 Å². The molecule has 1 amide bonds. The minimum atomic E-state index is -0.243. The molecule has 0 heterocycles. The Morgan fingerprint density at radius 3 is 2.67 bits per heavy atom. The zero-order valence-corrected chi connectivity index (χ0v) is 9.91. The van der Waals surface area contributed by atoms with E-state index < -0.39 is 0 Å². The smallest absolute Gasteiger partial charge is 0.233 e. The molecule has 0 radical (unpaired) electrons. The van der Waals surface area contributed by atoms with Gasteiger partial charge in [-0.2, -0.15) is 5.26 Å². The number of hydrogen-bond donors (Lipinski definition) is 1. The summed E-state index contributed by atoms with van der Waals surface area (Å²) in [6.45, 7) is 1.96. The first-order valence-corrected chi connectivity index (χ1v) is 5.36. The van der Waals surface area contributed by atoms with Gasteiger partial charge in [0.2, 0.25) is 5.91 Å². The molecule has 1 unspecified atom stereocenters. The Morgan fingerprint density at radius 2 is 2.13 bits per heavy atom. The molecule has 0 fully saturated rings. The zero-order chi connectivity index (χ0) is 11.3. The van der Waals surface area contributed by atoms with Crippen LogP contribution in [0.1, 0.15) is 24.8 Å². The van der Waals surface area contributed by atoms with Crippen molar-refractivity contribution in [1.29, 1.82) is 5.26 Å². The fraction of sp³-hybridized carbons (Fsp3) is 0.273. The van der Waals surface area contributed by atoms with Crippen LogP contribution in [0, 0.1) is 11.5 Å². The molecule has 15 heavy (non-hydrogen) atoms. The molecule has 78 valence electrons. The van der Waals surface area contributed by atoms with Crippen LogP contribution in [-0.4, -0.2) is 5.91 Å². The standard InChI is InChI=1S/C11H11BrN2O/c1-8(6-11(15)14-7-13)9-2-4-10(12)5-3-9/h2-5,8H,6H2,1H3,(H,14,15). The van der Waals surface area contributed by atoms with Gasteiger partial charge in [0.15, 0.2) is 6.19 Å². The van der Waals surface area contributed by atoms with Crippen molar-refractivity contribution in [3.63, 3.8) is 0 Å². The van der Waals surface area contributed by atoms with E-state index in [9.17, 15) is 4.79 Å². The van der Waals surface area contributed by atoms with Gasteiger partial charge in [0, 0.05) is 10.9 Å². The lowest BCUT2D eigenvalue weighted by Gasteiger charge is -2.09. The van der Waals surface area contributed by atoms with E-state index in [0.717, 1.165) is 10.0 Å². The molecule has 0 spiro atoms. The van der Waals surface area contributed by atoms with Crippen LogP contribution in [0.5, 0.6) is 0 Å². The second-order valence-corrected chi connectivity index (χ2v) is 4.23. The van der Waals surface area contributed by atoms with E-state index in [4.69, 9.17) is 5.26 Å². The van der Waals surface area contributed by atoms with Gasteiger partial charge in [-0.3, -0.25) is 10.1 Å². The fourth-order valence-corrected chi connectivity index (χ4v) is 1.56. The van der Waals surface area contributed by atoms with Crippen molar-refractivity contribution in [2.75, 3.05) is 0 Å². The first-order chi connectivity index (χ1) is 7.13. The molecule has 1 aromatic carbocycles. The third-order valence-corrected chi connectivity index (χ3v) is 2.65. The second kappa shape index (κ2) is 5.52. The topological polar surface area (TPSA) is 52.9 Å². The van der Waals surface area contributed by atoms with E-state index in [1.165, 1.54) is 0 Å². The maximum Gasteiger partial charge on any atom is 0.233 e. The molecule has 1 aromatic rings. The summed E-state index contributed by atoms with van der Waals surface area (Å²) in [6.07, 6.45) is 1.95. The summed E-state index contributed by atoms with van der Waals surface area (Å²) in [7, 11) is 0. The molecule has 0 aromatic heterocycles. The van der Waals surface area contributed by atoms with Gasteiger partial charge in [0.25, 0.3) is 0 Å². The highest BCUT2D eigenvalue weighted by atomic mass is 79.9. The maximum absolute atomic E-state index is 11.2. The largest absolute Gasteiger partial charge is 0.274 e. The summed E-state index contributed by atoms with van der Waals surface area (Å²) in [5.74, 6) is -0.126. The number of rotatable bonds is 3. The first kappa shape index (κ1) is 11.7. The number of hydrogen-bond acceptors (Lipinski definition) is 2. The summed E-state index contributed by atoms with van der Waals surface area (Å²) < 4.78 is 1.01. The highest BCUT2D eigenvalue weighted by Crippen LogP contribution is 2.20. The van der Waals surface area contributed by atoms with Gasteiger partial charge < -0.3 is 0 Å². The van der Waals surface area contributed by atoms with Crippen LogP contribution in [-0.2, 0) is 4.79 Å². The SMILES string of the molecule is CC(CC(=O)NC#N)c1ccc(Br)cc1. The number of carbonyl (C=O) groups is 1. The fourth-order valence-electron chi connectivity index (χ4n) is 1.30. The normalized spacial score (nSPS) is 11.5. The van der Waals surface area contributed by atoms with Gasteiger partial charge in [-0.15, -0.1) is 0 Å². The average molecular weight is 267 g/mol. The number of nitrogens with zero attached hydrogens (tertiary/aromatic N) is 1. The monoisotopic (exact) mass is 266 g/mol. The van der Waals surface area contributed by atoms with Gasteiger partial charge in [0.1, 0.15) is 0 Å². The first-order valence-electron chi connectivity index (χ1n) is 4.57. The highest BCUT2D eigenvalue weighted by Gasteiger charge is 2.10. The molecule has 0 saturated heterocycles. The molecule has 0 saturated carbocycles. The molecule has 0 bridgehead atoms. The van der Waals surface area contributed by atoms with Gasteiger partial charge in [-0.05, 0) is 23.6 Å². The number of nitrogens with one attached hydrogen (secondary N) is 1. The van der Waals surface area contributed by atoms with Crippen LogP contribution in [0.3, 0.4) is 0 Å². The van der Waals surface area contributed by atoms with Crippen molar-refractivity contribution in [2.24, 2.45) is 0 Å². The van der Waals surface area contributed by atoms with Gasteiger partial charge in [0.05, 0.1) is 0 Å². The molecule has 1 atom stereocenters. The van der Waals surface area contributed by atoms with Crippen LogP contribution in [0.15, 0.2) is 28.7 Å². The van der Waals surface area contributed by atoms with Crippen molar-refractivity contribution in [3.8, 4) is 6.19 Å². The maximum atomic E-state index is 11.2. The third kappa shape index (κ3) is 3.72. The Hall–Kier alpha value is -1.34. The van der Waals surface area contributed by atoms with Gasteiger partial charge in [-0.1, -0.05) is 35.0 Å². The summed E-state index contributed by atoms with van der Waals surface area (Å²) in [6, 6.07) is 7.81. The third-order valence-electron chi connectivity index (χ3n) is 2.13. The number of carbonyl (C=O) groups excluding carboxylic acids is 1. The molecule has 0 aliphatic heterocycles. The quantitative estimate of drug-likeness (QED) is 0.675. The van der Waals surface area contributed by atoms with Crippen molar-refractivity contribution < 1.29 is 4.79 Å². The lowest BCUT2D eigenvalue weighted by atomic mass is 9.98. The van der Waals surface area contributed by atoms with Crippen LogP contribution in [0.4, 0.5) is 0 Å². The van der Waals surface area contributed by atoms with E-state index in [1.807, 2.05) is 31.2 Å². The molecule has 0 aliphatic rings. The molecular weight excluding hydrogens is 256 g/mol. The second-order valence-electron chi connectivity index (χ2n) is 3.32. The minimum absolute atomic E-state index is 0.117. The van der Waals surface area contributed by atoms with E-state index in [0.29, 0.717) is 6.42 Å². The van der Waals surface area contributed by atoms with E-state index in [-0.39, 0.29) is 11.8 Å². The van der Waals surface area contributed by atoms with E-state index in [2.05, 4.69) is 21.2 Å². The molecular formula is C11H11BrN2O. The highest BCUT2D eigenvalue weighted by molar-refractivity contribution is 9.10. The number of benzene rings is 1. The molecule has 3 nitrogen and oxygen atoms in total. The summed E-state index contributed by atoms with van der Waals surface area (Å²) in [5.41, 5.74) is 1.09. The summed E-state index contributed by atoms with van der Waals surface area (Å²) in [4.78, 5) is 11.2. The van der Waals surface area contributed by atoms with E-state index >= 15 is 0 Å². The Kier molecular flexibility index (Phi) is 4.32. The summed E-state index contributed by atoms with van der Waals surface area (Å²) >= 11 is 3.35. The van der Waals surface area contributed by atoms with E-state index in [1.54, 1.807) is 6.19 Å². The Labute approximate surface area is 97.2 Å². The van der Waals surface area contributed by atoms with Crippen molar-refractivity contribution in [2.45, 2.75) is 19.3 Å². The number of halogens is 1. The number of amides is 1. The van der Waals surface area contributed by atoms with Crippen LogP contribution in [0.2, 0.25) is 0 Å². The molecule has 0 aliphatic carbocycles. The lowest BCUT2D eigenvalue weighted by Crippen LogP contribution is -2.19. The molecule has 1 N–H and O–H groups in total. The van der Waals surface area contributed by atoms with Crippen molar-refractivity contribution in [3.05, 3.63) is 34.3 Å². The van der Waals surface area contributed by atoms with Crippen LogP contribution < -0.4 is 5.32 Å². The molecule has 4 heteroatoms. The van der Waals surface area contributed by atoms with Crippen LogP contribution in [0.25, 0.3) is 0 Å². The van der Waals surface area contributed by atoms with Crippen LogP contribution >= 0.6 is 15.9 Å². The minimum Gasteiger partial charge on any atom is -0.274 e. The summed E-state index contributed by atoms with van der Waals surface area (Å²) in [5, 5.41) is 10.4. The van der Waals surface area contributed by atoms with Gasteiger partial charge >= 0.3 is 0 Å². The molecule has 1 rings (SSSR count). The zero-order valence-electron chi connectivity index (χ0n) is 8.33. The predicted molar refractivity (Wildman–Crippen MR) is 60.9 cm³/mol. The Balaban J connectivity index is 2.61. The van der Waals surface area contributed by atoms with Crippen molar-refractivity contribution in [1.82, 2.24) is 5.32 Å².